The van der Waals surface area contributed by atoms with E-state index in [1.165, 1.54) is 0 Å². The number of benzene rings is 1. The Morgan fingerprint density at radius 2 is 2.04 bits per heavy atom. The molecule has 0 aromatic heterocycles. The summed E-state index contributed by atoms with van der Waals surface area (Å²) < 4.78 is 11.1. The van der Waals surface area contributed by atoms with E-state index in [1.807, 2.05) is 23.3 Å². The Morgan fingerprint density at radius 3 is 2.83 bits per heavy atom. The second kappa shape index (κ2) is 8.61. The predicted octanol–water partition coefficient (Wildman–Crippen LogP) is 0.896. The predicted molar refractivity (Wildman–Crippen MR) is 86.2 cm³/mol. The lowest BCUT2D eigenvalue weighted by Gasteiger charge is -2.28. The van der Waals surface area contributed by atoms with E-state index < -0.39 is 6.10 Å². The standard InChI is InChI=1S/C17H26N2O4/c20-16(13-18-6-9-21-10-7-18)14-22-17-4-1-3-15(11-17)12-19-5-2-8-23-19/h1,3-4,11,16,20H,2,5-10,12-14H2. The summed E-state index contributed by atoms with van der Waals surface area (Å²) >= 11 is 0. The normalized spacial score (nSPS) is 21.4. The van der Waals surface area contributed by atoms with Crippen molar-refractivity contribution in [3.8, 4) is 5.75 Å². The Bertz CT molecular complexity index is 473. The smallest absolute Gasteiger partial charge is 0.119 e. The van der Waals surface area contributed by atoms with Crippen LogP contribution in [0.4, 0.5) is 0 Å². The number of hydroxylamine groups is 2. The maximum atomic E-state index is 10.1. The fourth-order valence-corrected chi connectivity index (χ4v) is 2.89. The third kappa shape index (κ3) is 5.44. The molecule has 128 valence electrons. The van der Waals surface area contributed by atoms with E-state index in [9.17, 15) is 5.11 Å². The molecule has 23 heavy (non-hydrogen) atoms. The molecule has 1 aromatic rings. The van der Waals surface area contributed by atoms with Gasteiger partial charge in [-0.25, -0.2) is 0 Å². The molecular weight excluding hydrogens is 296 g/mol. The van der Waals surface area contributed by atoms with Crippen molar-refractivity contribution in [2.45, 2.75) is 19.1 Å². The minimum atomic E-state index is -0.487. The number of nitrogens with zero attached hydrogens (tertiary/aromatic N) is 2. The van der Waals surface area contributed by atoms with Gasteiger partial charge in [-0.2, -0.15) is 5.06 Å². The van der Waals surface area contributed by atoms with Crippen molar-refractivity contribution >= 4 is 0 Å². The van der Waals surface area contributed by atoms with Crippen LogP contribution in [-0.2, 0) is 16.1 Å². The van der Waals surface area contributed by atoms with Crippen LogP contribution in [0.15, 0.2) is 24.3 Å². The first-order valence-corrected chi connectivity index (χ1v) is 8.37. The van der Waals surface area contributed by atoms with Gasteiger partial charge in [-0.1, -0.05) is 12.1 Å². The summed E-state index contributed by atoms with van der Waals surface area (Å²) in [5.41, 5.74) is 1.16. The van der Waals surface area contributed by atoms with Crippen LogP contribution in [0.25, 0.3) is 0 Å². The van der Waals surface area contributed by atoms with E-state index in [0.717, 1.165) is 63.7 Å². The highest BCUT2D eigenvalue weighted by Gasteiger charge is 2.16. The lowest BCUT2D eigenvalue weighted by Crippen LogP contribution is -2.42. The molecule has 0 bridgehead atoms. The molecule has 1 aromatic carbocycles. The van der Waals surface area contributed by atoms with Gasteiger partial charge in [0, 0.05) is 32.7 Å². The number of aliphatic hydroxyl groups excluding tert-OH is 1. The molecule has 0 spiro atoms. The molecule has 6 nitrogen and oxygen atoms in total. The van der Waals surface area contributed by atoms with Crippen LogP contribution in [0.1, 0.15) is 12.0 Å². The van der Waals surface area contributed by atoms with Crippen molar-refractivity contribution in [2.24, 2.45) is 0 Å². The van der Waals surface area contributed by atoms with Crippen molar-refractivity contribution in [1.29, 1.82) is 0 Å². The van der Waals surface area contributed by atoms with Gasteiger partial charge in [-0.05, 0) is 24.1 Å². The largest absolute Gasteiger partial charge is 0.491 e. The highest BCUT2D eigenvalue weighted by atomic mass is 16.7. The lowest BCUT2D eigenvalue weighted by atomic mass is 10.2. The van der Waals surface area contributed by atoms with Crippen LogP contribution >= 0.6 is 0 Å². The molecule has 1 N–H and O–H groups in total. The van der Waals surface area contributed by atoms with E-state index >= 15 is 0 Å². The fraction of sp³-hybridized carbons (Fsp3) is 0.647. The highest BCUT2D eigenvalue weighted by molar-refractivity contribution is 5.28. The first kappa shape index (κ1) is 16.7. The molecule has 0 saturated carbocycles. The molecule has 2 aliphatic heterocycles. The Hall–Kier alpha value is -1.18. The third-order valence-corrected chi connectivity index (χ3v) is 4.10. The van der Waals surface area contributed by atoms with Gasteiger partial charge in [0.1, 0.15) is 18.5 Å². The number of morpholine rings is 1. The fourth-order valence-electron chi connectivity index (χ4n) is 2.89. The summed E-state index contributed by atoms with van der Waals surface area (Å²) in [6, 6.07) is 7.99. The topological polar surface area (TPSA) is 54.4 Å². The molecule has 1 unspecified atom stereocenters. The van der Waals surface area contributed by atoms with Crippen molar-refractivity contribution in [1.82, 2.24) is 9.96 Å². The van der Waals surface area contributed by atoms with Crippen molar-refractivity contribution < 1.29 is 19.4 Å². The van der Waals surface area contributed by atoms with Crippen molar-refractivity contribution in [3.63, 3.8) is 0 Å². The van der Waals surface area contributed by atoms with E-state index in [0.29, 0.717) is 13.2 Å². The molecule has 2 aliphatic rings. The van der Waals surface area contributed by atoms with Crippen molar-refractivity contribution in [3.05, 3.63) is 29.8 Å². The molecule has 0 amide bonds. The zero-order valence-electron chi connectivity index (χ0n) is 13.5. The van der Waals surface area contributed by atoms with Gasteiger partial charge in [-0.3, -0.25) is 9.74 Å². The number of hydrogen-bond donors (Lipinski definition) is 1. The van der Waals surface area contributed by atoms with Crippen LogP contribution in [0.3, 0.4) is 0 Å². The molecule has 6 heteroatoms. The monoisotopic (exact) mass is 322 g/mol. The Kier molecular flexibility index (Phi) is 6.24. The minimum Gasteiger partial charge on any atom is -0.491 e. The maximum Gasteiger partial charge on any atom is 0.119 e. The third-order valence-electron chi connectivity index (χ3n) is 4.10. The number of hydrogen-bond acceptors (Lipinski definition) is 6. The van der Waals surface area contributed by atoms with Gasteiger partial charge in [0.15, 0.2) is 0 Å². The lowest BCUT2D eigenvalue weighted by molar-refractivity contribution is -0.117. The first-order valence-electron chi connectivity index (χ1n) is 8.37. The average Bonchev–Trinajstić information content (AvgIpc) is 3.07. The molecule has 2 heterocycles. The van der Waals surface area contributed by atoms with Crippen LogP contribution in [0.2, 0.25) is 0 Å². The molecule has 2 fully saturated rings. The maximum absolute atomic E-state index is 10.1. The first-order chi connectivity index (χ1) is 11.3. The van der Waals surface area contributed by atoms with Gasteiger partial charge in [-0.15, -0.1) is 0 Å². The molecule has 0 radical (unpaired) electrons. The van der Waals surface area contributed by atoms with E-state index in [4.69, 9.17) is 14.3 Å². The second-order valence-corrected chi connectivity index (χ2v) is 6.08. The quantitative estimate of drug-likeness (QED) is 0.805. The SMILES string of the molecule is OC(COc1cccc(CN2CCCO2)c1)CN1CCOCC1. The molecule has 3 rings (SSSR count). The van der Waals surface area contributed by atoms with Gasteiger partial charge < -0.3 is 14.6 Å². The molecule has 2 saturated heterocycles. The summed E-state index contributed by atoms with van der Waals surface area (Å²) in [4.78, 5) is 7.72. The summed E-state index contributed by atoms with van der Waals surface area (Å²) in [5, 5.41) is 12.1. The minimum absolute atomic E-state index is 0.307. The number of aliphatic hydroxyl groups is 1. The number of β-amino-alcohol motifs (C(OH)–C–C–N with tert-alkyl or cyclic N) is 1. The Balaban J connectivity index is 1.43. The second-order valence-electron chi connectivity index (χ2n) is 6.08. The average molecular weight is 322 g/mol. The molecule has 0 aliphatic carbocycles. The molecular formula is C17H26N2O4. The van der Waals surface area contributed by atoms with Crippen LogP contribution in [-0.4, -0.2) is 73.8 Å². The van der Waals surface area contributed by atoms with Gasteiger partial charge >= 0.3 is 0 Å². The van der Waals surface area contributed by atoms with Crippen LogP contribution < -0.4 is 4.74 Å². The summed E-state index contributed by atoms with van der Waals surface area (Å²) in [7, 11) is 0. The summed E-state index contributed by atoms with van der Waals surface area (Å²) in [6.45, 7) is 6.74. The van der Waals surface area contributed by atoms with Gasteiger partial charge in [0.05, 0.1) is 19.8 Å². The Labute approximate surface area is 137 Å². The molecule has 1 atom stereocenters. The highest BCUT2D eigenvalue weighted by Crippen LogP contribution is 2.17. The number of ether oxygens (including phenoxy) is 2. The zero-order valence-corrected chi connectivity index (χ0v) is 13.5. The van der Waals surface area contributed by atoms with E-state index in [-0.39, 0.29) is 0 Å². The van der Waals surface area contributed by atoms with E-state index in [2.05, 4.69) is 11.0 Å². The van der Waals surface area contributed by atoms with Crippen LogP contribution in [0, 0.1) is 0 Å². The van der Waals surface area contributed by atoms with Crippen LogP contribution in [0.5, 0.6) is 5.75 Å². The Morgan fingerprint density at radius 1 is 1.17 bits per heavy atom. The number of rotatable bonds is 7. The van der Waals surface area contributed by atoms with Gasteiger partial charge in [0.2, 0.25) is 0 Å². The van der Waals surface area contributed by atoms with Crippen molar-refractivity contribution in [2.75, 3.05) is 52.6 Å². The summed E-state index contributed by atoms with van der Waals surface area (Å²) in [6.07, 6.45) is 0.600. The zero-order chi connectivity index (χ0) is 15.9. The van der Waals surface area contributed by atoms with Gasteiger partial charge in [0.25, 0.3) is 0 Å². The van der Waals surface area contributed by atoms with E-state index in [1.54, 1.807) is 0 Å². The summed E-state index contributed by atoms with van der Waals surface area (Å²) in [5.74, 6) is 0.794.